The van der Waals surface area contributed by atoms with Crippen molar-refractivity contribution in [1.82, 2.24) is 0 Å². The summed E-state index contributed by atoms with van der Waals surface area (Å²) >= 11 is 0. The quantitative estimate of drug-likeness (QED) is 0.580. The lowest BCUT2D eigenvalue weighted by Gasteiger charge is -2.02. The van der Waals surface area contributed by atoms with Crippen LogP contribution in [0.25, 0.3) is 0 Å². The average Bonchev–Trinajstić information content (AvgIpc) is 2.07. The van der Waals surface area contributed by atoms with Crippen LogP contribution < -0.4 is 0 Å². The van der Waals surface area contributed by atoms with Crippen LogP contribution in [-0.4, -0.2) is 0 Å². The molecule has 0 atom stereocenters. The zero-order valence-electron chi connectivity index (χ0n) is 7.72. The van der Waals surface area contributed by atoms with Crippen LogP contribution in [0.2, 0.25) is 0 Å². The Morgan fingerprint density at radius 3 is 2.83 bits per heavy atom. The molecule has 1 aromatic carbocycles. The summed E-state index contributed by atoms with van der Waals surface area (Å²) < 4.78 is 0. The Morgan fingerprint density at radius 1 is 1.42 bits per heavy atom. The predicted octanol–water partition coefficient (Wildman–Crippen LogP) is 3.19. The van der Waals surface area contributed by atoms with Crippen LogP contribution in [0, 0.1) is 13.8 Å². The number of benzene rings is 1. The van der Waals surface area contributed by atoms with Crippen molar-refractivity contribution in [3.05, 3.63) is 53.3 Å². The van der Waals surface area contributed by atoms with Crippen molar-refractivity contribution in [2.75, 3.05) is 0 Å². The summed E-state index contributed by atoms with van der Waals surface area (Å²) in [6, 6.07) is 6.50. The molecular weight excluding hydrogens is 144 g/mol. The second kappa shape index (κ2) is 3.94. The zero-order chi connectivity index (χ0) is 8.97. The molecule has 0 nitrogen and oxygen atoms in total. The SMILES string of the molecule is C=C=CCc1cc(C)ccc1C. The molecule has 1 rings (SSSR count). The molecule has 1 aromatic rings. The molecule has 0 saturated carbocycles. The zero-order valence-corrected chi connectivity index (χ0v) is 7.72. The maximum Gasteiger partial charge on any atom is -0.00187 e. The Kier molecular flexibility index (Phi) is 2.90. The molecule has 0 spiro atoms. The fraction of sp³-hybridized carbons (Fsp3) is 0.250. The molecule has 0 aliphatic rings. The lowest BCUT2D eigenvalue weighted by Crippen LogP contribution is -1.87. The third-order valence-electron chi connectivity index (χ3n) is 1.97. The Hall–Kier alpha value is -1.26. The molecule has 0 aliphatic carbocycles. The van der Waals surface area contributed by atoms with Gasteiger partial charge in [0.2, 0.25) is 0 Å². The highest BCUT2D eigenvalue weighted by Gasteiger charge is 1.95. The van der Waals surface area contributed by atoms with E-state index in [1.807, 2.05) is 6.08 Å². The molecule has 0 radical (unpaired) electrons. The summed E-state index contributed by atoms with van der Waals surface area (Å²) in [6.07, 6.45) is 2.90. The standard InChI is InChI=1S/C12H14/c1-4-5-6-12-9-10(2)7-8-11(12)3/h5,7-9H,1,6H2,2-3H3. The number of aryl methyl sites for hydroxylation is 2. The highest BCUT2D eigenvalue weighted by atomic mass is 14.0. The molecule has 0 fully saturated rings. The molecule has 0 amide bonds. The largest absolute Gasteiger partial charge is 0.133 e. The van der Waals surface area contributed by atoms with Crippen molar-refractivity contribution in [2.24, 2.45) is 0 Å². The fourth-order valence-electron chi connectivity index (χ4n) is 1.20. The topological polar surface area (TPSA) is 0 Å². The fourth-order valence-corrected chi connectivity index (χ4v) is 1.20. The normalized spacial score (nSPS) is 9.17. The average molecular weight is 158 g/mol. The van der Waals surface area contributed by atoms with Crippen molar-refractivity contribution < 1.29 is 0 Å². The van der Waals surface area contributed by atoms with Gasteiger partial charge in [-0.25, -0.2) is 0 Å². The minimum Gasteiger partial charge on any atom is -0.133 e. The van der Waals surface area contributed by atoms with Gasteiger partial charge in [-0.3, -0.25) is 0 Å². The van der Waals surface area contributed by atoms with Gasteiger partial charge in [0.05, 0.1) is 0 Å². The third kappa shape index (κ3) is 2.11. The molecule has 0 N–H and O–H groups in total. The van der Waals surface area contributed by atoms with E-state index in [-0.39, 0.29) is 0 Å². The van der Waals surface area contributed by atoms with Gasteiger partial charge in [0.15, 0.2) is 0 Å². The lowest BCUT2D eigenvalue weighted by molar-refractivity contribution is 1.20. The maximum atomic E-state index is 3.55. The summed E-state index contributed by atoms with van der Waals surface area (Å²) in [7, 11) is 0. The maximum absolute atomic E-state index is 3.55. The van der Waals surface area contributed by atoms with E-state index in [0.29, 0.717) is 0 Å². The lowest BCUT2D eigenvalue weighted by atomic mass is 10.0. The van der Waals surface area contributed by atoms with Crippen LogP contribution >= 0.6 is 0 Å². The predicted molar refractivity (Wildman–Crippen MR) is 53.3 cm³/mol. The van der Waals surface area contributed by atoms with E-state index in [1.165, 1.54) is 16.7 Å². The van der Waals surface area contributed by atoms with Gasteiger partial charge in [-0.2, -0.15) is 0 Å². The van der Waals surface area contributed by atoms with Crippen LogP contribution in [0.15, 0.2) is 36.6 Å². The first kappa shape index (κ1) is 8.83. The number of rotatable bonds is 2. The molecule has 0 heteroatoms. The monoisotopic (exact) mass is 158 g/mol. The minimum atomic E-state index is 0.941. The van der Waals surface area contributed by atoms with Gasteiger partial charge in [0, 0.05) is 0 Å². The number of hydrogen-bond donors (Lipinski definition) is 0. The van der Waals surface area contributed by atoms with E-state index in [0.717, 1.165) is 6.42 Å². The molecule has 0 bridgehead atoms. The summed E-state index contributed by atoms with van der Waals surface area (Å²) in [5, 5.41) is 0. The van der Waals surface area contributed by atoms with Crippen molar-refractivity contribution in [1.29, 1.82) is 0 Å². The van der Waals surface area contributed by atoms with E-state index in [2.05, 4.69) is 44.4 Å². The second-order valence-corrected chi connectivity index (χ2v) is 3.04. The molecule has 62 valence electrons. The minimum absolute atomic E-state index is 0.941. The van der Waals surface area contributed by atoms with E-state index in [9.17, 15) is 0 Å². The second-order valence-electron chi connectivity index (χ2n) is 3.04. The molecule has 0 unspecified atom stereocenters. The smallest absolute Gasteiger partial charge is 0.00187 e. The number of hydrogen-bond acceptors (Lipinski definition) is 0. The van der Waals surface area contributed by atoms with Gasteiger partial charge < -0.3 is 0 Å². The van der Waals surface area contributed by atoms with Crippen molar-refractivity contribution in [3.8, 4) is 0 Å². The Balaban J connectivity index is 2.96. The molecule has 12 heavy (non-hydrogen) atoms. The van der Waals surface area contributed by atoms with E-state index >= 15 is 0 Å². The first-order valence-corrected chi connectivity index (χ1v) is 4.14. The van der Waals surface area contributed by atoms with Crippen LogP contribution in [0.4, 0.5) is 0 Å². The summed E-state index contributed by atoms with van der Waals surface area (Å²) in [6.45, 7) is 7.79. The van der Waals surface area contributed by atoms with E-state index < -0.39 is 0 Å². The van der Waals surface area contributed by atoms with Crippen LogP contribution in [0.5, 0.6) is 0 Å². The molecular formula is C12H14. The summed E-state index contributed by atoms with van der Waals surface area (Å²) in [5.41, 5.74) is 6.81. The molecule has 0 aromatic heterocycles. The van der Waals surface area contributed by atoms with Crippen molar-refractivity contribution in [2.45, 2.75) is 20.3 Å². The first-order chi connectivity index (χ1) is 5.74. The molecule has 0 heterocycles. The van der Waals surface area contributed by atoms with Crippen LogP contribution in [0.3, 0.4) is 0 Å². The van der Waals surface area contributed by atoms with E-state index in [4.69, 9.17) is 0 Å². The Bertz CT molecular complexity index is 315. The summed E-state index contributed by atoms with van der Waals surface area (Å²) in [5.74, 6) is 0. The van der Waals surface area contributed by atoms with E-state index in [1.54, 1.807) is 0 Å². The first-order valence-electron chi connectivity index (χ1n) is 4.14. The van der Waals surface area contributed by atoms with Crippen molar-refractivity contribution >= 4 is 0 Å². The van der Waals surface area contributed by atoms with Gasteiger partial charge in [0.25, 0.3) is 0 Å². The van der Waals surface area contributed by atoms with Gasteiger partial charge in [0.1, 0.15) is 0 Å². The molecule has 0 aliphatic heterocycles. The van der Waals surface area contributed by atoms with Gasteiger partial charge >= 0.3 is 0 Å². The number of allylic oxidation sites excluding steroid dienone is 1. The van der Waals surface area contributed by atoms with Gasteiger partial charge in [-0.1, -0.05) is 30.3 Å². The van der Waals surface area contributed by atoms with Crippen LogP contribution in [0.1, 0.15) is 16.7 Å². The Morgan fingerprint density at radius 2 is 2.17 bits per heavy atom. The molecule has 0 saturated heterocycles. The van der Waals surface area contributed by atoms with Crippen LogP contribution in [-0.2, 0) is 6.42 Å². The Labute approximate surface area is 74.2 Å². The van der Waals surface area contributed by atoms with Crippen molar-refractivity contribution in [3.63, 3.8) is 0 Å². The highest BCUT2D eigenvalue weighted by molar-refractivity contribution is 5.31. The third-order valence-corrected chi connectivity index (χ3v) is 1.97. The van der Waals surface area contributed by atoms with Gasteiger partial charge in [-0.05, 0) is 37.5 Å². The van der Waals surface area contributed by atoms with Gasteiger partial charge in [-0.15, -0.1) is 5.73 Å². The highest BCUT2D eigenvalue weighted by Crippen LogP contribution is 2.11. The summed E-state index contributed by atoms with van der Waals surface area (Å²) in [4.78, 5) is 0.